The van der Waals surface area contributed by atoms with Gasteiger partial charge in [-0.3, -0.25) is 9.36 Å². The first-order chi connectivity index (χ1) is 14.5. The average Bonchev–Trinajstić information content (AvgIpc) is 3.33. The van der Waals surface area contributed by atoms with Gasteiger partial charge in [0.05, 0.1) is 13.7 Å². The minimum absolute atomic E-state index is 0.106. The number of hydrogen-bond donors (Lipinski definition) is 0. The molecule has 158 valence electrons. The van der Waals surface area contributed by atoms with Crippen LogP contribution in [0.5, 0.6) is 23.4 Å². The molecule has 10 heteroatoms. The number of carbonyl (C=O) groups excluding carboxylic acids is 1. The molecule has 1 aliphatic heterocycles. The van der Waals surface area contributed by atoms with E-state index in [1.165, 1.54) is 25.6 Å². The van der Waals surface area contributed by atoms with E-state index in [4.69, 9.17) is 14.2 Å². The number of methoxy groups -OCH3 is 1. The summed E-state index contributed by atoms with van der Waals surface area (Å²) in [5, 5.41) is 0. The molecular weight excluding hydrogens is 393 g/mol. The zero-order chi connectivity index (χ0) is 21.3. The van der Waals surface area contributed by atoms with Crippen molar-refractivity contribution < 1.29 is 23.4 Å². The number of carbonyl (C=O) groups is 1. The molecule has 3 heterocycles. The summed E-state index contributed by atoms with van der Waals surface area (Å²) in [5.41, 5.74) is 0.952. The van der Waals surface area contributed by atoms with Gasteiger partial charge in [0.2, 0.25) is 11.8 Å². The Kier molecular flexibility index (Phi) is 5.39. The fraction of sp³-hybridized carbons (Fsp3) is 0.400. The molecule has 4 rings (SSSR count). The van der Waals surface area contributed by atoms with Crippen molar-refractivity contribution in [2.75, 3.05) is 20.2 Å². The summed E-state index contributed by atoms with van der Waals surface area (Å²) in [6.07, 6.45) is 2.41. The molecule has 1 aromatic carbocycles. The molecule has 1 atom stereocenters. The molecule has 0 radical (unpaired) electrons. The number of nitrogens with zero attached hydrogens (tertiary/aromatic N) is 5. The maximum absolute atomic E-state index is 14.0. The van der Waals surface area contributed by atoms with Gasteiger partial charge in [0.15, 0.2) is 22.7 Å². The van der Waals surface area contributed by atoms with Gasteiger partial charge in [-0.25, -0.2) is 9.37 Å². The number of aryl methyl sites for hydroxylation is 1. The van der Waals surface area contributed by atoms with Crippen molar-refractivity contribution in [2.45, 2.75) is 25.9 Å². The fourth-order valence-electron chi connectivity index (χ4n) is 3.38. The highest BCUT2D eigenvalue weighted by Gasteiger charge is 2.28. The molecule has 1 aliphatic rings. The fourth-order valence-corrected chi connectivity index (χ4v) is 3.38. The number of imidazole rings is 1. The van der Waals surface area contributed by atoms with Crippen LogP contribution in [0.25, 0.3) is 11.2 Å². The van der Waals surface area contributed by atoms with Gasteiger partial charge >= 0.3 is 6.01 Å². The second-order valence-corrected chi connectivity index (χ2v) is 6.92. The van der Waals surface area contributed by atoms with Crippen molar-refractivity contribution >= 4 is 17.1 Å². The van der Waals surface area contributed by atoms with E-state index in [0.29, 0.717) is 36.6 Å². The first-order valence-electron chi connectivity index (χ1n) is 9.63. The quantitative estimate of drug-likeness (QED) is 0.611. The molecule has 0 aliphatic carbocycles. The largest absolute Gasteiger partial charge is 0.494 e. The zero-order valence-corrected chi connectivity index (χ0v) is 17.0. The van der Waals surface area contributed by atoms with Crippen LogP contribution in [0.2, 0.25) is 0 Å². The van der Waals surface area contributed by atoms with Crippen molar-refractivity contribution in [3.05, 3.63) is 30.3 Å². The minimum atomic E-state index is -0.537. The van der Waals surface area contributed by atoms with Crippen LogP contribution in [-0.4, -0.2) is 56.6 Å². The molecule has 0 bridgehead atoms. The van der Waals surface area contributed by atoms with Gasteiger partial charge in [0.25, 0.3) is 0 Å². The van der Waals surface area contributed by atoms with Crippen molar-refractivity contribution in [3.63, 3.8) is 0 Å². The molecule has 1 unspecified atom stereocenters. The van der Waals surface area contributed by atoms with Crippen molar-refractivity contribution in [3.8, 4) is 23.4 Å². The highest BCUT2D eigenvalue weighted by atomic mass is 19.1. The molecule has 3 aromatic rings. The molecule has 1 fully saturated rings. The Labute approximate surface area is 172 Å². The van der Waals surface area contributed by atoms with E-state index in [1.807, 2.05) is 6.92 Å². The van der Waals surface area contributed by atoms with Crippen LogP contribution >= 0.6 is 0 Å². The number of benzene rings is 1. The van der Waals surface area contributed by atoms with Crippen LogP contribution in [0.4, 0.5) is 4.39 Å². The number of amides is 1. The number of rotatable bonds is 6. The van der Waals surface area contributed by atoms with Crippen molar-refractivity contribution in [1.82, 2.24) is 24.4 Å². The second-order valence-electron chi connectivity index (χ2n) is 6.92. The standard InChI is InChI=1S/C20H22FN5O4/c1-4-16(27)26-8-7-13(10-26)29-19-17-18(22-11-23-19)25(2)20(24-17)30-12-5-6-15(28-3)14(21)9-12/h5-6,9,11,13H,4,7-8,10H2,1-3H3. The predicted molar refractivity (Wildman–Crippen MR) is 105 cm³/mol. The van der Waals surface area contributed by atoms with Crippen LogP contribution in [0.1, 0.15) is 19.8 Å². The topological polar surface area (TPSA) is 91.6 Å². The number of halogens is 1. The van der Waals surface area contributed by atoms with Gasteiger partial charge in [0, 0.05) is 32.5 Å². The van der Waals surface area contributed by atoms with Crippen molar-refractivity contribution in [1.29, 1.82) is 0 Å². The summed E-state index contributed by atoms with van der Waals surface area (Å²) in [5.74, 6) is 0.286. The Hall–Kier alpha value is -3.43. The Bertz CT molecular complexity index is 1090. The van der Waals surface area contributed by atoms with Gasteiger partial charge in [-0.1, -0.05) is 6.92 Å². The van der Waals surface area contributed by atoms with Crippen LogP contribution < -0.4 is 14.2 Å². The molecular formula is C20H22FN5O4. The highest BCUT2D eigenvalue weighted by Crippen LogP contribution is 2.30. The van der Waals surface area contributed by atoms with E-state index in [-0.39, 0.29) is 29.5 Å². The Morgan fingerprint density at radius 1 is 1.33 bits per heavy atom. The van der Waals surface area contributed by atoms with E-state index in [2.05, 4.69) is 15.0 Å². The van der Waals surface area contributed by atoms with E-state index in [1.54, 1.807) is 22.6 Å². The van der Waals surface area contributed by atoms with E-state index >= 15 is 0 Å². The van der Waals surface area contributed by atoms with Gasteiger partial charge in [0.1, 0.15) is 18.2 Å². The van der Waals surface area contributed by atoms with E-state index in [0.717, 1.165) is 6.42 Å². The summed E-state index contributed by atoms with van der Waals surface area (Å²) in [7, 11) is 3.13. The number of hydrogen-bond acceptors (Lipinski definition) is 7. The lowest BCUT2D eigenvalue weighted by molar-refractivity contribution is -0.130. The Morgan fingerprint density at radius 2 is 2.17 bits per heavy atom. The molecule has 0 spiro atoms. The number of aromatic nitrogens is 4. The van der Waals surface area contributed by atoms with E-state index in [9.17, 15) is 9.18 Å². The predicted octanol–water partition coefficient (Wildman–Crippen LogP) is 2.69. The van der Waals surface area contributed by atoms with Crippen LogP contribution in [0.3, 0.4) is 0 Å². The van der Waals surface area contributed by atoms with Crippen LogP contribution in [-0.2, 0) is 11.8 Å². The van der Waals surface area contributed by atoms with Crippen molar-refractivity contribution in [2.24, 2.45) is 7.05 Å². The van der Waals surface area contributed by atoms with Gasteiger partial charge < -0.3 is 19.1 Å². The molecule has 1 saturated heterocycles. The molecule has 0 N–H and O–H groups in total. The minimum Gasteiger partial charge on any atom is -0.494 e. The Balaban J connectivity index is 1.57. The average molecular weight is 415 g/mol. The lowest BCUT2D eigenvalue weighted by Crippen LogP contribution is -2.30. The first kappa shape index (κ1) is 19.9. The maximum atomic E-state index is 14.0. The number of likely N-dealkylation sites (tertiary alicyclic amines) is 1. The molecule has 1 amide bonds. The van der Waals surface area contributed by atoms with Gasteiger partial charge in [-0.05, 0) is 12.1 Å². The zero-order valence-electron chi connectivity index (χ0n) is 17.0. The summed E-state index contributed by atoms with van der Waals surface area (Å²) in [4.78, 5) is 26.6. The molecule has 30 heavy (non-hydrogen) atoms. The highest BCUT2D eigenvalue weighted by molar-refractivity contribution is 5.78. The summed E-state index contributed by atoms with van der Waals surface area (Å²) in [6, 6.07) is 4.50. The third-order valence-corrected chi connectivity index (χ3v) is 4.99. The van der Waals surface area contributed by atoms with Gasteiger partial charge in [-0.2, -0.15) is 9.97 Å². The summed E-state index contributed by atoms with van der Waals surface area (Å²) < 4.78 is 32.3. The smallest absolute Gasteiger partial charge is 0.304 e. The summed E-state index contributed by atoms with van der Waals surface area (Å²) >= 11 is 0. The monoisotopic (exact) mass is 415 g/mol. The number of fused-ring (bicyclic) bond motifs is 1. The van der Waals surface area contributed by atoms with E-state index < -0.39 is 5.82 Å². The lowest BCUT2D eigenvalue weighted by Gasteiger charge is -2.16. The SMILES string of the molecule is CCC(=O)N1CCC(Oc2ncnc3c2nc(Oc2ccc(OC)c(F)c2)n3C)C1. The van der Waals surface area contributed by atoms with Crippen LogP contribution in [0.15, 0.2) is 24.5 Å². The third-order valence-electron chi connectivity index (χ3n) is 4.99. The molecule has 2 aromatic heterocycles. The number of ether oxygens (including phenoxy) is 3. The van der Waals surface area contributed by atoms with Gasteiger partial charge in [-0.15, -0.1) is 0 Å². The molecule has 9 nitrogen and oxygen atoms in total. The first-order valence-corrected chi connectivity index (χ1v) is 9.63. The third kappa shape index (κ3) is 3.72. The lowest BCUT2D eigenvalue weighted by atomic mass is 10.3. The van der Waals surface area contributed by atoms with Crippen LogP contribution in [0, 0.1) is 5.82 Å². The second kappa shape index (κ2) is 8.13. The molecule has 0 saturated carbocycles. The maximum Gasteiger partial charge on any atom is 0.304 e. The Morgan fingerprint density at radius 3 is 2.90 bits per heavy atom. The summed E-state index contributed by atoms with van der Waals surface area (Å²) in [6.45, 7) is 3.01. The normalized spacial score (nSPS) is 16.1.